The number of aromatic nitrogens is 1. The maximum Gasteiger partial charge on any atom is 0.415 e. The maximum atomic E-state index is 15.0. The van der Waals surface area contributed by atoms with Gasteiger partial charge in [0.25, 0.3) is 11.8 Å². The number of benzene rings is 4. The summed E-state index contributed by atoms with van der Waals surface area (Å²) in [6.45, 7) is 4.04. The Hall–Kier alpha value is -6.36. The fraction of sp³-hybridized carbons (Fsp3) is 0.333. The Morgan fingerprint density at radius 2 is 1.53 bits per heavy atom. The lowest BCUT2D eigenvalue weighted by Gasteiger charge is -2.36. The van der Waals surface area contributed by atoms with Crippen molar-refractivity contribution in [3.63, 3.8) is 0 Å². The van der Waals surface area contributed by atoms with E-state index in [-0.39, 0.29) is 36.1 Å². The molecule has 59 heavy (non-hydrogen) atoms. The molecule has 11 nitrogen and oxygen atoms in total. The number of nitrogens with zero attached hydrogens (tertiary/aromatic N) is 5. The molecular formula is C48H51N5O6. The third-order valence-electron chi connectivity index (χ3n) is 12.2. The number of carbonyl (C=O) groups is 4. The number of hydrogen-bond acceptors (Lipinski definition) is 6. The second-order valence-corrected chi connectivity index (χ2v) is 16.3. The molecule has 0 radical (unpaired) electrons. The molecule has 0 aliphatic carbocycles. The zero-order valence-corrected chi connectivity index (χ0v) is 34.2. The summed E-state index contributed by atoms with van der Waals surface area (Å²) in [5, 5.41) is 9.87. The van der Waals surface area contributed by atoms with Gasteiger partial charge in [-0.25, -0.2) is 4.79 Å². The Balaban J connectivity index is 1.12. The van der Waals surface area contributed by atoms with Crippen molar-refractivity contribution < 1.29 is 29.0 Å². The van der Waals surface area contributed by atoms with Crippen LogP contribution in [0.15, 0.2) is 91.0 Å². The molecule has 3 aliphatic rings. The van der Waals surface area contributed by atoms with E-state index in [0.29, 0.717) is 54.9 Å². The highest BCUT2D eigenvalue weighted by atomic mass is 16.6. The molecule has 5 aromatic rings. The topological polar surface area (TPSA) is 116 Å². The van der Waals surface area contributed by atoms with Crippen molar-refractivity contribution in [1.82, 2.24) is 19.3 Å². The third kappa shape index (κ3) is 8.06. The smallest absolute Gasteiger partial charge is 0.415 e. The van der Waals surface area contributed by atoms with Gasteiger partial charge in [0, 0.05) is 88.0 Å². The predicted molar refractivity (Wildman–Crippen MR) is 227 cm³/mol. The second kappa shape index (κ2) is 16.5. The Morgan fingerprint density at radius 1 is 0.780 bits per heavy atom. The van der Waals surface area contributed by atoms with E-state index >= 15 is 4.79 Å². The molecule has 4 amide bonds. The van der Waals surface area contributed by atoms with Crippen LogP contribution in [-0.2, 0) is 50.1 Å². The first-order valence-corrected chi connectivity index (χ1v) is 20.5. The minimum absolute atomic E-state index is 0.0371. The van der Waals surface area contributed by atoms with Crippen molar-refractivity contribution in [1.29, 1.82) is 0 Å². The summed E-state index contributed by atoms with van der Waals surface area (Å²) in [5.74, 6) is 0.376. The number of anilines is 1. The van der Waals surface area contributed by atoms with Gasteiger partial charge in [-0.1, -0.05) is 36.4 Å². The average Bonchev–Trinajstić information content (AvgIpc) is 3.64. The standard InChI is InChI=1S/C48H51N5O6/c1-31-25-33-9-5-6-10-35(33)30-53(31)47(57)41-27-36-29-51(48(58)59-39-19-12-32(13-20-39)14-21-45(55)49(2)3)24-22-34(36)26-40(41)44-28-42(43-11-7-8-23-52(43)44)46(56)50(4)37-15-17-38(54)18-16-37/h5-6,9-10,12-13,15-20,26-28,31,54H,7-8,11,14,21-25,29-30H2,1-4H3/t31-/m1/s1. The van der Waals surface area contributed by atoms with Crippen molar-refractivity contribution in [2.45, 2.75) is 77.5 Å². The molecule has 1 N–H and O–H groups in total. The van der Waals surface area contributed by atoms with Crippen LogP contribution in [0.5, 0.6) is 11.5 Å². The van der Waals surface area contributed by atoms with Gasteiger partial charge in [-0.05, 0) is 128 Å². The predicted octanol–water partition coefficient (Wildman–Crippen LogP) is 7.64. The monoisotopic (exact) mass is 793 g/mol. The van der Waals surface area contributed by atoms with Gasteiger partial charge in [-0.3, -0.25) is 14.4 Å². The fourth-order valence-corrected chi connectivity index (χ4v) is 8.68. The molecule has 4 aromatic carbocycles. The number of aryl methyl sites for hydroxylation is 1. The number of fused-ring (bicyclic) bond motifs is 3. The third-order valence-corrected chi connectivity index (χ3v) is 12.2. The molecule has 0 bridgehead atoms. The number of aromatic hydroxyl groups is 1. The number of amides is 4. The normalized spacial score (nSPS) is 15.8. The van der Waals surface area contributed by atoms with E-state index in [0.717, 1.165) is 71.4 Å². The van der Waals surface area contributed by atoms with Gasteiger partial charge in [0.1, 0.15) is 11.5 Å². The van der Waals surface area contributed by atoms with Gasteiger partial charge >= 0.3 is 6.09 Å². The lowest BCUT2D eigenvalue weighted by atomic mass is 9.90. The summed E-state index contributed by atoms with van der Waals surface area (Å²) in [5.41, 5.74) is 9.72. The van der Waals surface area contributed by atoms with Crippen LogP contribution in [0.1, 0.15) is 80.4 Å². The van der Waals surface area contributed by atoms with Gasteiger partial charge in [-0.15, -0.1) is 0 Å². The zero-order chi connectivity index (χ0) is 41.4. The van der Waals surface area contributed by atoms with Crippen LogP contribution in [0.3, 0.4) is 0 Å². The van der Waals surface area contributed by atoms with Crippen LogP contribution < -0.4 is 9.64 Å². The van der Waals surface area contributed by atoms with Crippen molar-refractivity contribution in [3.8, 4) is 22.8 Å². The first-order chi connectivity index (χ1) is 28.4. The van der Waals surface area contributed by atoms with Crippen molar-refractivity contribution in [3.05, 3.63) is 136 Å². The zero-order valence-electron chi connectivity index (χ0n) is 34.2. The Bertz CT molecular complexity index is 2420. The minimum atomic E-state index is -0.467. The summed E-state index contributed by atoms with van der Waals surface area (Å²) < 4.78 is 8.06. The highest BCUT2D eigenvalue weighted by Crippen LogP contribution is 2.38. The van der Waals surface area contributed by atoms with Crippen LogP contribution in [0.25, 0.3) is 11.3 Å². The lowest BCUT2D eigenvalue weighted by molar-refractivity contribution is -0.128. The summed E-state index contributed by atoms with van der Waals surface area (Å²) in [6.07, 6.45) is 4.52. The maximum absolute atomic E-state index is 15.0. The molecular weight excluding hydrogens is 743 g/mol. The number of carbonyl (C=O) groups excluding carboxylic acids is 4. The molecule has 0 unspecified atom stereocenters. The van der Waals surface area contributed by atoms with E-state index in [1.807, 2.05) is 41.3 Å². The second-order valence-electron chi connectivity index (χ2n) is 16.3. The average molecular weight is 794 g/mol. The molecule has 1 atom stereocenters. The molecule has 11 heteroatoms. The van der Waals surface area contributed by atoms with Crippen molar-refractivity contribution in [2.24, 2.45) is 0 Å². The largest absolute Gasteiger partial charge is 0.508 e. The van der Waals surface area contributed by atoms with Gasteiger partial charge < -0.3 is 34.0 Å². The van der Waals surface area contributed by atoms with Crippen LogP contribution in [0.2, 0.25) is 0 Å². The number of hydrogen-bond donors (Lipinski definition) is 1. The van der Waals surface area contributed by atoms with Crippen LogP contribution in [0.4, 0.5) is 10.5 Å². The van der Waals surface area contributed by atoms with Gasteiger partial charge in [0.05, 0.1) is 5.56 Å². The first-order valence-electron chi connectivity index (χ1n) is 20.5. The molecule has 0 spiro atoms. The van der Waals surface area contributed by atoms with E-state index in [1.54, 1.807) is 72.2 Å². The Morgan fingerprint density at radius 3 is 2.27 bits per heavy atom. The number of ether oxygens (including phenoxy) is 1. The lowest BCUT2D eigenvalue weighted by Crippen LogP contribution is -2.43. The highest BCUT2D eigenvalue weighted by molar-refractivity contribution is 6.08. The fourth-order valence-electron chi connectivity index (χ4n) is 8.68. The number of phenols is 1. The molecule has 0 saturated carbocycles. The van der Waals surface area contributed by atoms with E-state index in [9.17, 15) is 19.5 Å². The van der Waals surface area contributed by atoms with E-state index in [2.05, 4.69) is 29.7 Å². The van der Waals surface area contributed by atoms with E-state index in [1.165, 1.54) is 5.56 Å². The Kier molecular flexibility index (Phi) is 11.0. The highest BCUT2D eigenvalue weighted by Gasteiger charge is 2.34. The number of phenolic OH excluding ortho intramolecular Hbond substituents is 1. The quantitative estimate of drug-likeness (QED) is 0.173. The van der Waals surface area contributed by atoms with Crippen LogP contribution >= 0.6 is 0 Å². The molecule has 3 aliphatic heterocycles. The Labute approximate surface area is 345 Å². The molecule has 304 valence electrons. The first kappa shape index (κ1) is 39.5. The SMILES string of the molecule is C[C@@H]1Cc2ccccc2CN1C(=O)c1cc2c(cc1-c1cc(C(=O)N(C)c3ccc(O)cc3)c3n1CCCC3)CCN(C(=O)Oc1ccc(CCC(=O)N(C)C)cc1)C2. The molecule has 0 saturated heterocycles. The van der Waals surface area contributed by atoms with Crippen LogP contribution in [-0.4, -0.2) is 81.9 Å². The van der Waals surface area contributed by atoms with Crippen molar-refractivity contribution >= 4 is 29.5 Å². The summed E-state index contributed by atoms with van der Waals surface area (Å²) in [6, 6.07) is 28.1. The molecule has 0 fully saturated rings. The summed E-state index contributed by atoms with van der Waals surface area (Å²) >= 11 is 0. The minimum Gasteiger partial charge on any atom is -0.508 e. The van der Waals surface area contributed by atoms with E-state index < -0.39 is 6.09 Å². The molecule has 8 rings (SSSR count). The summed E-state index contributed by atoms with van der Waals surface area (Å²) in [4.78, 5) is 61.7. The van der Waals surface area contributed by atoms with E-state index in [4.69, 9.17) is 4.74 Å². The van der Waals surface area contributed by atoms with Gasteiger partial charge in [0.15, 0.2) is 0 Å². The molecule has 4 heterocycles. The van der Waals surface area contributed by atoms with Crippen LogP contribution in [0, 0.1) is 0 Å². The van der Waals surface area contributed by atoms with Gasteiger partial charge in [-0.2, -0.15) is 0 Å². The van der Waals surface area contributed by atoms with Crippen molar-refractivity contribution in [2.75, 3.05) is 32.6 Å². The molecule has 1 aromatic heterocycles. The van der Waals surface area contributed by atoms with Gasteiger partial charge in [0.2, 0.25) is 5.91 Å². The summed E-state index contributed by atoms with van der Waals surface area (Å²) in [7, 11) is 5.23. The number of rotatable bonds is 8.